The summed E-state index contributed by atoms with van der Waals surface area (Å²) in [5.41, 5.74) is 0. The lowest BCUT2D eigenvalue weighted by atomic mass is 10.3. The van der Waals surface area contributed by atoms with Gasteiger partial charge in [-0.15, -0.1) is 0 Å². The molecule has 0 saturated heterocycles. The third kappa shape index (κ3) is 3.10. The van der Waals surface area contributed by atoms with Gasteiger partial charge in [0.05, 0.1) is 23.6 Å². The van der Waals surface area contributed by atoms with Crippen molar-refractivity contribution in [2.75, 3.05) is 27.3 Å². The lowest BCUT2D eigenvalue weighted by Gasteiger charge is -2.16. The van der Waals surface area contributed by atoms with Gasteiger partial charge in [0.2, 0.25) is 10.0 Å². The van der Waals surface area contributed by atoms with Crippen LogP contribution in [0.3, 0.4) is 0 Å². The fraction of sp³-hybridized carbons (Fsp3) is 0.400. The van der Waals surface area contributed by atoms with E-state index < -0.39 is 10.0 Å². The number of methoxy groups -OCH3 is 1. The molecule has 0 aliphatic heterocycles. The largest absolute Gasteiger partial charge is 0.495 e. The van der Waals surface area contributed by atoms with Gasteiger partial charge < -0.3 is 9.84 Å². The first-order valence-electron chi connectivity index (χ1n) is 4.84. The zero-order valence-electron chi connectivity index (χ0n) is 9.55. The Morgan fingerprint density at radius 1 is 1.47 bits per heavy atom. The molecule has 0 aromatic heterocycles. The summed E-state index contributed by atoms with van der Waals surface area (Å²) in [7, 11) is -0.771. The molecule has 1 N–H and O–H groups in total. The Bertz CT molecular complexity index is 489. The molecule has 5 nitrogen and oxygen atoms in total. The first kappa shape index (κ1) is 14.2. The first-order valence-corrected chi connectivity index (χ1v) is 6.66. The van der Waals surface area contributed by atoms with Crippen molar-refractivity contribution in [3.8, 4) is 5.75 Å². The van der Waals surface area contributed by atoms with Gasteiger partial charge in [-0.2, -0.15) is 4.31 Å². The molecule has 1 aromatic carbocycles. The molecule has 0 saturated carbocycles. The number of hydrogen-bond acceptors (Lipinski definition) is 4. The Labute approximate surface area is 106 Å². The average Bonchev–Trinajstić information content (AvgIpc) is 2.29. The summed E-state index contributed by atoms with van der Waals surface area (Å²) in [6, 6.07) is 4.22. The Balaban J connectivity index is 3.12. The molecule has 0 unspecified atom stereocenters. The molecule has 0 atom stereocenters. The van der Waals surface area contributed by atoms with E-state index in [1.165, 1.54) is 32.4 Å². The molecule has 0 heterocycles. The number of nitrogens with zero attached hydrogens (tertiary/aromatic N) is 1. The fourth-order valence-electron chi connectivity index (χ4n) is 1.25. The number of benzene rings is 1. The van der Waals surface area contributed by atoms with Gasteiger partial charge >= 0.3 is 0 Å². The zero-order valence-corrected chi connectivity index (χ0v) is 11.1. The molecule has 0 bridgehead atoms. The predicted octanol–water partition coefficient (Wildman–Crippen LogP) is 0.961. The number of sulfonamides is 1. The molecule has 17 heavy (non-hydrogen) atoms. The Morgan fingerprint density at radius 2 is 2.12 bits per heavy atom. The smallest absolute Gasteiger partial charge is 0.242 e. The van der Waals surface area contributed by atoms with Crippen LogP contribution in [0.25, 0.3) is 0 Å². The minimum Gasteiger partial charge on any atom is -0.495 e. The SMILES string of the molecule is COc1ccc(S(=O)(=O)N(C)CCO)cc1Cl. The Hall–Kier alpha value is -0.820. The zero-order chi connectivity index (χ0) is 13.1. The fourth-order valence-corrected chi connectivity index (χ4v) is 2.76. The summed E-state index contributed by atoms with van der Waals surface area (Å²) in [4.78, 5) is 0.0688. The highest BCUT2D eigenvalue weighted by molar-refractivity contribution is 7.89. The maximum absolute atomic E-state index is 12.0. The van der Waals surface area contributed by atoms with E-state index in [9.17, 15) is 8.42 Å². The first-order chi connectivity index (χ1) is 7.93. The van der Waals surface area contributed by atoms with E-state index in [1.54, 1.807) is 0 Å². The number of likely N-dealkylation sites (N-methyl/N-ethyl adjacent to an activating group) is 1. The molecular formula is C10H14ClNO4S. The van der Waals surface area contributed by atoms with Gasteiger partial charge in [-0.3, -0.25) is 0 Å². The van der Waals surface area contributed by atoms with Gasteiger partial charge in [-0.1, -0.05) is 11.6 Å². The van der Waals surface area contributed by atoms with E-state index in [0.29, 0.717) is 5.75 Å². The van der Waals surface area contributed by atoms with Gasteiger partial charge in [0.15, 0.2) is 0 Å². The molecule has 96 valence electrons. The van der Waals surface area contributed by atoms with Crippen LogP contribution >= 0.6 is 11.6 Å². The lowest BCUT2D eigenvalue weighted by molar-refractivity contribution is 0.266. The van der Waals surface area contributed by atoms with Gasteiger partial charge in [-0.05, 0) is 18.2 Å². The summed E-state index contributed by atoms with van der Waals surface area (Å²) in [6.45, 7) is -0.203. The van der Waals surface area contributed by atoms with E-state index >= 15 is 0 Å². The van der Waals surface area contributed by atoms with Crippen LogP contribution < -0.4 is 4.74 Å². The monoisotopic (exact) mass is 279 g/mol. The van der Waals surface area contributed by atoms with E-state index in [0.717, 1.165) is 4.31 Å². The molecule has 0 radical (unpaired) electrons. The van der Waals surface area contributed by atoms with Crippen molar-refractivity contribution >= 4 is 21.6 Å². The second kappa shape index (κ2) is 5.68. The molecule has 0 fully saturated rings. The second-order valence-electron chi connectivity index (χ2n) is 3.35. The summed E-state index contributed by atoms with van der Waals surface area (Å²) < 4.78 is 30.0. The van der Waals surface area contributed by atoms with Crippen LogP contribution in [0.4, 0.5) is 0 Å². The number of halogens is 1. The average molecular weight is 280 g/mol. The number of aliphatic hydroxyl groups is 1. The van der Waals surface area contributed by atoms with E-state index in [4.69, 9.17) is 21.4 Å². The van der Waals surface area contributed by atoms with Crippen LogP contribution in [-0.4, -0.2) is 45.1 Å². The van der Waals surface area contributed by atoms with Gasteiger partial charge in [-0.25, -0.2) is 8.42 Å². The van der Waals surface area contributed by atoms with Crippen LogP contribution in [0.2, 0.25) is 5.02 Å². The third-order valence-corrected chi connectivity index (χ3v) is 4.39. The maximum Gasteiger partial charge on any atom is 0.242 e. The van der Waals surface area contributed by atoms with E-state index in [-0.39, 0.29) is 23.1 Å². The minimum absolute atomic E-state index is 0.0337. The van der Waals surface area contributed by atoms with Crippen molar-refractivity contribution in [1.82, 2.24) is 4.31 Å². The third-order valence-electron chi connectivity index (χ3n) is 2.25. The van der Waals surface area contributed by atoms with Crippen LogP contribution in [-0.2, 0) is 10.0 Å². The van der Waals surface area contributed by atoms with Crippen molar-refractivity contribution in [1.29, 1.82) is 0 Å². The number of hydrogen-bond donors (Lipinski definition) is 1. The normalized spacial score (nSPS) is 11.8. The van der Waals surface area contributed by atoms with Crippen LogP contribution in [0.15, 0.2) is 23.1 Å². The van der Waals surface area contributed by atoms with E-state index in [2.05, 4.69) is 0 Å². The molecule has 7 heteroatoms. The predicted molar refractivity (Wildman–Crippen MR) is 64.9 cm³/mol. The highest BCUT2D eigenvalue weighted by Crippen LogP contribution is 2.27. The molecule has 0 spiro atoms. The summed E-state index contributed by atoms with van der Waals surface area (Å²) in [6.07, 6.45) is 0. The van der Waals surface area contributed by atoms with Gasteiger partial charge in [0, 0.05) is 13.6 Å². The molecule has 0 aliphatic rings. The quantitative estimate of drug-likeness (QED) is 0.872. The van der Waals surface area contributed by atoms with Crippen molar-refractivity contribution in [3.05, 3.63) is 23.2 Å². The lowest BCUT2D eigenvalue weighted by Crippen LogP contribution is -2.29. The number of aliphatic hydroxyl groups excluding tert-OH is 1. The molecular weight excluding hydrogens is 266 g/mol. The minimum atomic E-state index is -3.62. The Morgan fingerprint density at radius 3 is 2.59 bits per heavy atom. The number of ether oxygens (including phenoxy) is 1. The van der Waals surface area contributed by atoms with Crippen molar-refractivity contribution in [2.45, 2.75) is 4.90 Å². The summed E-state index contributed by atoms with van der Waals surface area (Å²) >= 11 is 5.86. The molecule has 0 aliphatic carbocycles. The van der Waals surface area contributed by atoms with E-state index in [1.807, 2.05) is 0 Å². The Kier molecular flexibility index (Phi) is 4.76. The highest BCUT2D eigenvalue weighted by atomic mass is 35.5. The molecule has 0 amide bonds. The molecule has 1 aromatic rings. The molecule has 1 rings (SSSR count). The van der Waals surface area contributed by atoms with Crippen LogP contribution in [0, 0.1) is 0 Å². The van der Waals surface area contributed by atoms with Crippen LogP contribution in [0.1, 0.15) is 0 Å². The summed E-state index contributed by atoms with van der Waals surface area (Å²) in [5.74, 6) is 0.412. The summed E-state index contributed by atoms with van der Waals surface area (Å²) in [5, 5.41) is 8.96. The van der Waals surface area contributed by atoms with Crippen molar-refractivity contribution < 1.29 is 18.3 Å². The van der Waals surface area contributed by atoms with Crippen LogP contribution in [0.5, 0.6) is 5.75 Å². The maximum atomic E-state index is 12.0. The second-order valence-corrected chi connectivity index (χ2v) is 5.80. The topological polar surface area (TPSA) is 66.8 Å². The van der Waals surface area contributed by atoms with Crippen molar-refractivity contribution in [3.63, 3.8) is 0 Å². The van der Waals surface area contributed by atoms with Gasteiger partial charge in [0.1, 0.15) is 5.75 Å². The highest BCUT2D eigenvalue weighted by Gasteiger charge is 2.21. The van der Waals surface area contributed by atoms with Gasteiger partial charge in [0.25, 0.3) is 0 Å². The van der Waals surface area contributed by atoms with Crippen molar-refractivity contribution in [2.24, 2.45) is 0 Å². The number of rotatable bonds is 5. The standard InChI is InChI=1S/C10H14ClNO4S/c1-12(5-6-13)17(14,15)8-3-4-10(16-2)9(11)7-8/h3-4,7,13H,5-6H2,1-2H3.